The van der Waals surface area contributed by atoms with Crippen LogP contribution in [0.3, 0.4) is 0 Å². The van der Waals surface area contributed by atoms with Gasteiger partial charge in [0.15, 0.2) is 5.78 Å². The molecule has 0 saturated heterocycles. The maximum absolute atomic E-state index is 11.5. The van der Waals surface area contributed by atoms with Crippen LogP contribution in [-0.4, -0.2) is 27.6 Å². The molecule has 0 aromatic heterocycles. The Balaban J connectivity index is 2.79. The van der Waals surface area contributed by atoms with Crippen LogP contribution in [-0.2, 0) is 4.79 Å². The molecule has 86 valence electrons. The Morgan fingerprint density at radius 2 is 1.82 bits per heavy atom. The van der Waals surface area contributed by atoms with Crippen LogP contribution < -0.4 is 0 Å². The van der Waals surface area contributed by atoms with Crippen LogP contribution in [0.15, 0.2) is 18.2 Å². The first-order chi connectivity index (χ1) is 7.93. The second kappa shape index (κ2) is 3.55. The zero-order valence-electron chi connectivity index (χ0n) is 8.85. The molecule has 0 fully saturated rings. The molecule has 0 spiro atoms. The summed E-state index contributed by atoms with van der Waals surface area (Å²) in [4.78, 5) is 33.8. The predicted octanol–water partition coefficient (Wildman–Crippen LogP) is 1.26. The minimum Gasteiger partial charge on any atom is -0.507 e. The fourth-order valence-corrected chi connectivity index (χ4v) is 1.72. The van der Waals surface area contributed by atoms with E-state index in [0.29, 0.717) is 0 Å². The third kappa shape index (κ3) is 1.52. The lowest BCUT2D eigenvalue weighted by Gasteiger charge is -2.14. The van der Waals surface area contributed by atoms with Crippen molar-refractivity contribution >= 4 is 23.1 Å². The molecule has 5 heteroatoms. The van der Waals surface area contributed by atoms with Crippen molar-refractivity contribution < 1.29 is 24.6 Å². The van der Waals surface area contributed by atoms with Crippen LogP contribution in [0.2, 0.25) is 0 Å². The number of allylic oxidation sites excluding steroid dienone is 1. The fourth-order valence-electron chi connectivity index (χ4n) is 1.72. The molecule has 17 heavy (non-hydrogen) atoms. The van der Waals surface area contributed by atoms with Gasteiger partial charge in [0.25, 0.3) is 0 Å². The van der Waals surface area contributed by atoms with E-state index < -0.39 is 28.9 Å². The Hall–Kier alpha value is -2.43. The van der Waals surface area contributed by atoms with E-state index in [1.54, 1.807) is 0 Å². The minimum atomic E-state index is -0.857. The van der Waals surface area contributed by atoms with E-state index in [0.717, 1.165) is 6.08 Å². The van der Waals surface area contributed by atoms with Crippen LogP contribution in [0.25, 0.3) is 5.76 Å². The van der Waals surface area contributed by atoms with Crippen LogP contribution in [0, 0.1) is 0 Å². The number of Topliss-reactive ketones (excluding diaryl/α,β-unsaturated/α-hetero) is 2. The van der Waals surface area contributed by atoms with Gasteiger partial charge in [-0.15, -0.1) is 0 Å². The lowest BCUT2D eigenvalue weighted by molar-refractivity contribution is -0.111. The molecule has 0 aliphatic heterocycles. The van der Waals surface area contributed by atoms with Crippen molar-refractivity contribution in [2.24, 2.45) is 0 Å². The van der Waals surface area contributed by atoms with E-state index in [1.807, 2.05) is 0 Å². The van der Waals surface area contributed by atoms with Gasteiger partial charge in [-0.25, -0.2) is 0 Å². The van der Waals surface area contributed by atoms with E-state index in [-0.39, 0.29) is 16.7 Å². The summed E-state index contributed by atoms with van der Waals surface area (Å²) < 4.78 is 0. The Morgan fingerprint density at radius 1 is 1.18 bits per heavy atom. The monoisotopic (exact) mass is 232 g/mol. The van der Waals surface area contributed by atoms with Gasteiger partial charge in [-0.05, 0) is 19.1 Å². The Labute approximate surface area is 96.0 Å². The number of aromatic hydroxyl groups is 1. The third-order valence-corrected chi connectivity index (χ3v) is 2.55. The predicted molar refractivity (Wildman–Crippen MR) is 58.1 cm³/mol. The number of hydrogen-bond donors (Lipinski definition) is 2. The Morgan fingerprint density at radius 3 is 2.41 bits per heavy atom. The summed E-state index contributed by atoms with van der Waals surface area (Å²) in [7, 11) is 0. The highest BCUT2D eigenvalue weighted by Gasteiger charge is 2.29. The first-order valence-corrected chi connectivity index (χ1v) is 4.80. The molecular weight excluding hydrogens is 224 g/mol. The Kier molecular flexibility index (Phi) is 2.31. The van der Waals surface area contributed by atoms with Crippen molar-refractivity contribution in [1.82, 2.24) is 0 Å². The van der Waals surface area contributed by atoms with Gasteiger partial charge in [0.1, 0.15) is 11.5 Å². The number of fused-ring (bicyclic) bond motifs is 1. The van der Waals surface area contributed by atoms with Crippen molar-refractivity contribution in [2.45, 2.75) is 6.92 Å². The summed E-state index contributed by atoms with van der Waals surface area (Å²) in [5.74, 6) is -3.06. The van der Waals surface area contributed by atoms with Crippen LogP contribution in [0.4, 0.5) is 0 Å². The van der Waals surface area contributed by atoms with Crippen molar-refractivity contribution in [2.75, 3.05) is 0 Å². The number of carbonyl (C=O) groups is 3. The number of rotatable bonds is 1. The molecule has 0 saturated carbocycles. The summed E-state index contributed by atoms with van der Waals surface area (Å²) in [5, 5.41) is 19.3. The molecule has 0 amide bonds. The second-order valence-corrected chi connectivity index (χ2v) is 3.66. The SMILES string of the molecule is CC(=O)c1ccc2c(c1O)C(O)=CC(=O)C2=O. The zero-order valence-corrected chi connectivity index (χ0v) is 8.85. The first-order valence-electron chi connectivity index (χ1n) is 4.80. The lowest BCUT2D eigenvalue weighted by atomic mass is 9.90. The molecule has 0 unspecified atom stereocenters. The smallest absolute Gasteiger partial charge is 0.233 e. The number of benzene rings is 1. The van der Waals surface area contributed by atoms with Crippen molar-refractivity contribution in [3.05, 3.63) is 34.9 Å². The number of ketones is 3. The number of aliphatic hydroxyl groups excluding tert-OH is 1. The number of hydrogen-bond acceptors (Lipinski definition) is 5. The average Bonchev–Trinajstić information content (AvgIpc) is 2.25. The molecule has 1 aromatic carbocycles. The highest BCUT2D eigenvalue weighted by molar-refractivity contribution is 6.50. The van der Waals surface area contributed by atoms with Crippen molar-refractivity contribution in [1.29, 1.82) is 0 Å². The van der Waals surface area contributed by atoms with E-state index >= 15 is 0 Å². The van der Waals surface area contributed by atoms with E-state index in [2.05, 4.69) is 0 Å². The highest BCUT2D eigenvalue weighted by atomic mass is 16.3. The zero-order chi connectivity index (χ0) is 12.7. The van der Waals surface area contributed by atoms with Gasteiger partial charge in [-0.2, -0.15) is 0 Å². The number of phenolic OH excluding ortho intramolecular Hbond substituents is 1. The second-order valence-electron chi connectivity index (χ2n) is 3.66. The van der Waals surface area contributed by atoms with Crippen molar-refractivity contribution in [3.63, 3.8) is 0 Å². The normalized spacial score (nSPS) is 14.3. The molecular formula is C12H8O5. The number of aliphatic hydroxyl groups is 1. The summed E-state index contributed by atoms with van der Waals surface area (Å²) in [6.07, 6.45) is 0.730. The van der Waals surface area contributed by atoms with Gasteiger partial charge in [-0.1, -0.05) is 0 Å². The average molecular weight is 232 g/mol. The largest absolute Gasteiger partial charge is 0.507 e. The molecule has 0 atom stereocenters. The van der Waals surface area contributed by atoms with Gasteiger partial charge >= 0.3 is 0 Å². The molecule has 1 aliphatic rings. The summed E-state index contributed by atoms with van der Waals surface area (Å²) in [6, 6.07) is 2.50. The Bertz CT molecular complexity index is 595. The quantitative estimate of drug-likeness (QED) is 0.561. The maximum Gasteiger partial charge on any atom is 0.233 e. The minimum absolute atomic E-state index is 0.00847. The van der Waals surface area contributed by atoms with Gasteiger partial charge in [-0.3, -0.25) is 14.4 Å². The standard InChI is InChI=1S/C12H8O5/c1-5(13)6-2-3-7-10(12(6)17)8(14)4-9(15)11(7)16/h2-4,14,17H,1H3. The number of carbonyl (C=O) groups excluding carboxylic acids is 3. The molecule has 1 aromatic rings. The molecule has 0 bridgehead atoms. The first kappa shape index (κ1) is 11.1. The molecule has 5 nitrogen and oxygen atoms in total. The van der Waals surface area contributed by atoms with Gasteiger partial charge in [0.05, 0.1) is 11.1 Å². The summed E-state index contributed by atoms with van der Waals surface area (Å²) >= 11 is 0. The highest BCUT2D eigenvalue weighted by Crippen LogP contribution is 2.34. The van der Waals surface area contributed by atoms with Crippen LogP contribution in [0.1, 0.15) is 33.2 Å². The molecule has 1 aliphatic carbocycles. The van der Waals surface area contributed by atoms with Gasteiger partial charge in [0, 0.05) is 11.6 Å². The summed E-state index contributed by atoms with van der Waals surface area (Å²) in [5.41, 5.74) is -0.273. The van der Waals surface area contributed by atoms with Crippen LogP contribution in [0.5, 0.6) is 5.75 Å². The van der Waals surface area contributed by atoms with E-state index in [1.165, 1.54) is 19.1 Å². The molecule has 0 heterocycles. The lowest BCUT2D eigenvalue weighted by Crippen LogP contribution is -2.19. The van der Waals surface area contributed by atoms with Gasteiger partial charge in [0.2, 0.25) is 11.6 Å². The van der Waals surface area contributed by atoms with Crippen molar-refractivity contribution in [3.8, 4) is 5.75 Å². The third-order valence-electron chi connectivity index (χ3n) is 2.55. The molecule has 2 N–H and O–H groups in total. The van der Waals surface area contributed by atoms with E-state index in [4.69, 9.17) is 0 Å². The summed E-state index contributed by atoms with van der Waals surface area (Å²) in [6.45, 7) is 1.25. The maximum atomic E-state index is 11.5. The molecule has 2 rings (SSSR count). The molecule has 0 radical (unpaired) electrons. The number of phenols is 1. The van der Waals surface area contributed by atoms with E-state index in [9.17, 15) is 24.6 Å². The van der Waals surface area contributed by atoms with Gasteiger partial charge < -0.3 is 10.2 Å². The topological polar surface area (TPSA) is 91.7 Å². The van der Waals surface area contributed by atoms with Crippen LogP contribution >= 0.6 is 0 Å². The fraction of sp³-hybridized carbons (Fsp3) is 0.0833.